The van der Waals surface area contributed by atoms with Crippen molar-refractivity contribution in [3.8, 4) is 0 Å². The predicted octanol–water partition coefficient (Wildman–Crippen LogP) is 2.26. The van der Waals surface area contributed by atoms with Crippen LogP contribution in [0.2, 0.25) is 5.02 Å². The van der Waals surface area contributed by atoms with E-state index >= 15 is 0 Å². The zero-order valence-corrected chi connectivity index (χ0v) is 15.0. The number of carbonyl (C=O) groups excluding carboxylic acids is 1. The second kappa shape index (κ2) is 8.15. The summed E-state index contributed by atoms with van der Waals surface area (Å²) in [7, 11) is 5.02. The summed E-state index contributed by atoms with van der Waals surface area (Å²) < 4.78 is 13.9. The maximum Gasteiger partial charge on any atom is 0.227 e. The molecule has 0 aromatic heterocycles. The van der Waals surface area contributed by atoms with Gasteiger partial charge in [0.05, 0.1) is 5.41 Å². The molecule has 7 heteroatoms. The van der Waals surface area contributed by atoms with E-state index in [1.54, 1.807) is 38.2 Å². The molecule has 0 heterocycles. The molecule has 0 atom stereocenters. The van der Waals surface area contributed by atoms with Crippen LogP contribution in [0.15, 0.2) is 23.2 Å². The summed E-state index contributed by atoms with van der Waals surface area (Å²) in [5, 5.41) is 6.14. The SMILES string of the molecule is CN=C(NCC(C)(C)C(=O)NC)N(C)Cc1c(F)cccc1Cl. The third-order valence-corrected chi connectivity index (χ3v) is 3.91. The Morgan fingerprint density at radius 3 is 2.61 bits per heavy atom. The standard InChI is InChI=1S/C16H24ClFN4O/c1-16(2,14(23)19-3)10-21-15(20-4)22(5)9-11-12(17)7-6-8-13(11)18/h6-8H,9-10H2,1-5H3,(H,19,23)(H,20,21). The first-order chi connectivity index (χ1) is 10.7. The third-order valence-electron chi connectivity index (χ3n) is 3.56. The van der Waals surface area contributed by atoms with Crippen molar-refractivity contribution in [3.05, 3.63) is 34.6 Å². The van der Waals surface area contributed by atoms with Crippen molar-refractivity contribution in [2.75, 3.05) is 27.7 Å². The highest BCUT2D eigenvalue weighted by atomic mass is 35.5. The molecule has 0 spiro atoms. The zero-order valence-electron chi connectivity index (χ0n) is 14.2. The number of hydrogen-bond acceptors (Lipinski definition) is 2. The quantitative estimate of drug-likeness (QED) is 0.637. The van der Waals surface area contributed by atoms with Crippen molar-refractivity contribution in [1.29, 1.82) is 0 Å². The summed E-state index contributed by atoms with van der Waals surface area (Å²) in [5.74, 6) is 0.132. The van der Waals surface area contributed by atoms with Gasteiger partial charge in [-0.15, -0.1) is 0 Å². The van der Waals surface area contributed by atoms with Gasteiger partial charge in [-0.3, -0.25) is 9.79 Å². The minimum Gasteiger partial charge on any atom is -0.359 e. The fourth-order valence-electron chi connectivity index (χ4n) is 2.10. The van der Waals surface area contributed by atoms with Crippen LogP contribution in [0, 0.1) is 11.2 Å². The second-order valence-electron chi connectivity index (χ2n) is 5.92. The first-order valence-electron chi connectivity index (χ1n) is 7.29. The van der Waals surface area contributed by atoms with Gasteiger partial charge in [0.1, 0.15) is 5.82 Å². The van der Waals surface area contributed by atoms with E-state index in [4.69, 9.17) is 11.6 Å². The molecule has 1 aromatic rings. The van der Waals surface area contributed by atoms with Crippen LogP contribution >= 0.6 is 11.6 Å². The third kappa shape index (κ3) is 5.10. The predicted molar refractivity (Wildman–Crippen MR) is 92.1 cm³/mol. The van der Waals surface area contributed by atoms with Crippen LogP contribution in [0.3, 0.4) is 0 Å². The number of halogens is 2. The molecular weight excluding hydrogens is 319 g/mol. The Morgan fingerprint density at radius 1 is 1.43 bits per heavy atom. The number of nitrogens with one attached hydrogen (secondary N) is 2. The normalized spacial score (nSPS) is 12.0. The molecule has 0 unspecified atom stereocenters. The summed E-state index contributed by atoms with van der Waals surface area (Å²) >= 11 is 6.05. The Balaban J connectivity index is 2.77. The van der Waals surface area contributed by atoms with Gasteiger partial charge in [0, 0.05) is 44.8 Å². The van der Waals surface area contributed by atoms with E-state index in [1.165, 1.54) is 6.07 Å². The Bertz CT molecular complexity index is 569. The first kappa shape index (κ1) is 19.2. The maximum atomic E-state index is 13.9. The highest BCUT2D eigenvalue weighted by Gasteiger charge is 2.27. The molecule has 0 fully saturated rings. The van der Waals surface area contributed by atoms with Gasteiger partial charge in [0.25, 0.3) is 0 Å². The first-order valence-corrected chi connectivity index (χ1v) is 7.67. The molecule has 2 N–H and O–H groups in total. The lowest BCUT2D eigenvalue weighted by Crippen LogP contribution is -2.47. The van der Waals surface area contributed by atoms with Crippen LogP contribution in [-0.2, 0) is 11.3 Å². The van der Waals surface area contributed by atoms with E-state index in [1.807, 2.05) is 13.8 Å². The Kier molecular flexibility index (Phi) is 6.81. The van der Waals surface area contributed by atoms with Crippen molar-refractivity contribution in [3.63, 3.8) is 0 Å². The van der Waals surface area contributed by atoms with Crippen LogP contribution in [-0.4, -0.2) is 44.5 Å². The molecule has 1 aromatic carbocycles. The Hall–Kier alpha value is -1.82. The van der Waals surface area contributed by atoms with Crippen LogP contribution in [0.5, 0.6) is 0 Å². The average Bonchev–Trinajstić information content (AvgIpc) is 2.50. The number of hydrogen-bond donors (Lipinski definition) is 2. The molecule has 1 rings (SSSR count). The maximum absolute atomic E-state index is 13.9. The highest BCUT2D eigenvalue weighted by Crippen LogP contribution is 2.20. The number of carbonyl (C=O) groups is 1. The fourth-order valence-corrected chi connectivity index (χ4v) is 2.32. The molecule has 0 radical (unpaired) electrons. The summed E-state index contributed by atoms with van der Waals surface area (Å²) in [5.41, 5.74) is -0.188. The lowest BCUT2D eigenvalue weighted by atomic mass is 9.92. The largest absolute Gasteiger partial charge is 0.359 e. The van der Waals surface area contributed by atoms with Crippen LogP contribution in [0.4, 0.5) is 4.39 Å². The van der Waals surface area contributed by atoms with Crippen LogP contribution < -0.4 is 10.6 Å². The number of benzene rings is 1. The van der Waals surface area contributed by atoms with Gasteiger partial charge in [-0.2, -0.15) is 0 Å². The lowest BCUT2D eigenvalue weighted by molar-refractivity contribution is -0.128. The van der Waals surface area contributed by atoms with Gasteiger partial charge < -0.3 is 15.5 Å². The minimum absolute atomic E-state index is 0.0692. The van der Waals surface area contributed by atoms with Crippen molar-refractivity contribution in [2.24, 2.45) is 10.4 Å². The second-order valence-corrected chi connectivity index (χ2v) is 6.33. The van der Waals surface area contributed by atoms with E-state index in [0.29, 0.717) is 23.1 Å². The summed E-state index contributed by atoms with van der Waals surface area (Å²) in [6.07, 6.45) is 0. The molecule has 0 saturated heterocycles. The number of rotatable bonds is 5. The van der Waals surface area contributed by atoms with E-state index in [9.17, 15) is 9.18 Å². The van der Waals surface area contributed by atoms with Crippen molar-refractivity contribution < 1.29 is 9.18 Å². The minimum atomic E-state index is -0.596. The highest BCUT2D eigenvalue weighted by molar-refractivity contribution is 6.31. The molecule has 0 aliphatic rings. The van der Waals surface area contributed by atoms with Gasteiger partial charge in [0.2, 0.25) is 5.91 Å². The van der Waals surface area contributed by atoms with Crippen molar-refractivity contribution in [1.82, 2.24) is 15.5 Å². The smallest absolute Gasteiger partial charge is 0.227 e. The number of guanidine groups is 1. The van der Waals surface area contributed by atoms with E-state index in [-0.39, 0.29) is 18.3 Å². The number of aliphatic imine (C=N–C) groups is 1. The number of nitrogens with zero attached hydrogens (tertiary/aromatic N) is 2. The van der Waals surface area contributed by atoms with Gasteiger partial charge in [-0.1, -0.05) is 17.7 Å². The lowest BCUT2D eigenvalue weighted by Gasteiger charge is -2.28. The molecular formula is C16H24ClFN4O. The van der Waals surface area contributed by atoms with Gasteiger partial charge in [-0.25, -0.2) is 4.39 Å². The fraction of sp³-hybridized carbons (Fsp3) is 0.500. The topological polar surface area (TPSA) is 56.7 Å². The molecule has 128 valence electrons. The molecule has 0 bridgehead atoms. The van der Waals surface area contributed by atoms with Gasteiger partial charge in [0.15, 0.2) is 5.96 Å². The number of amides is 1. The molecule has 1 amide bonds. The van der Waals surface area contributed by atoms with E-state index < -0.39 is 5.41 Å². The van der Waals surface area contributed by atoms with Crippen molar-refractivity contribution in [2.45, 2.75) is 20.4 Å². The molecule has 0 aliphatic heterocycles. The van der Waals surface area contributed by atoms with Gasteiger partial charge in [-0.05, 0) is 26.0 Å². The molecule has 23 heavy (non-hydrogen) atoms. The molecule has 0 aliphatic carbocycles. The monoisotopic (exact) mass is 342 g/mol. The summed E-state index contributed by atoms with van der Waals surface area (Å²) in [4.78, 5) is 17.7. The Morgan fingerprint density at radius 2 is 2.09 bits per heavy atom. The zero-order chi connectivity index (χ0) is 17.6. The van der Waals surface area contributed by atoms with Gasteiger partial charge >= 0.3 is 0 Å². The Labute approximate surface area is 141 Å². The summed E-state index contributed by atoms with van der Waals surface area (Å²) in [6, 6.07) is 4.60. The van der Waals surface area contributed by atoms with E-state index in [0.717, 1.165) is 0 Å². The van der Waals surface area contributed by atoms with Crippen molar-refractivity contribution >= 4 is 23.5 Å². The average molecular weight is 343 g/mol. The molecule has 5 nitrogen and oxygen atoms in total. The van der Waals surface area contributed by atoms with E-state index in [2.05, 4.69) is 15.6 Å². The molecule has 0 saturated carbocycles. The van der Waals surface area contributed by atoms with Crippen LogP contribution in [0.1, 0.15) is 19.4 Å². The summed E-state index contributed by atoms with van der Waals surface area (Å²) in [6.45, 7) is 4.33. The van der Waals surface area contributed by atoms with Crippen LogP contribution in [0.25, 0.3) is 0 Å².